The van der Waals surface area contributed by atoms with Crippen LogP contribution in [-0.4, -0.2) is 33.7 Å². The first kappa shape index (κ1) is 31.3. The Morgan fingerprint density at radius 3 is 1.33 bits per heavy atom. The Labute approximate surface area is 200 Å². The second-order valence-corrected chi connectivity index (χ2v) is 9.78. The van der Waals surface area contributed by atoms with Gasteiger partial charge in [0.05, 0.1) is 5.92 Å². The maximum atomic E-state index is 12.1. The number of carboxylic acids is 2. The Hall–Kier alpha value is -1.72. The molecule has 0 aromatic carbocycles. The molecule has 0 bridgehead atoms. The number of unbranched alkanes of at least 4 members (excludes halogenated alkanes) is 13. The number of Topliss-reactive ketones (excluding diaryl/α,β-unsaturated/α-hetero) is 2. The monoisotopic (exact) mass is 468 g/mol. The van der Waals surface area contributed by atoms with Gasteiger partial charge in [-0.3, -0.25) is 19.2 Å². The molecular weight excluding hydrogens is 420 g/mol. The molecule has 0 saturated heterocycles. The molecule has 0 aliphatic rings. The van der Waals surface area contributed by atoms with Gasteiger partial charge in [-0.05, 0) is 19.3 Å². The molecule has 2 N–H and O–H groups in total. The molecule has 0 amide bonds. The van der Waals surface area contributed by atoms with E-state index >= 15 is 0 Å². The van der Waals surface area contributed by atoms with E-state index in [1.807, 2.05) is 0 Å². The van der Waals surface area contributed by atoms with Gasteiger partial charge in [0.25, 0.3) is 0 Å². The molecule has 0 fully saturated rings. The molecule has 1 atom stereocenters. The number of aliphatic carboxylic acids is 2. The molecule has 0 radical (unpaired) electrons. The summed E-state index contributed by atoms with van der Waals surface area (Å²) in [5, 5.41) is 17.9. The smallest absolute Gasteiger partial charge is 0.306 e. The second kappa shape index (κ2) is 20.9. The number of rotatable bonds is 24. The van der Waals surface area contributed by atoms with E-state index in [1.54, 1.807) is 13.8 Å². The Bertz CT molecular complexity index is 555. The van der Waals surface area contributed by atoms with Gasteiger partial charge >= 0.3 is 11.9 Å². The molecule has 0 aliphatic carbocycles. The Morgan fingerprint density at radius 1 is 0.576 bits per heavy atom. The Balaban J connectivity index is 3.54. The summed E-state index contributed by atoms with van der Waals surface area (Å²) in [4.78, 5) is 45.6. The van der Waals surface area contributed by atoms with Crippen molar-refractivity contribution in [3.8, 4) is 0 Å². The fourth-order valence-electron chi connectivity index (χ4n) is 4.01. The predicted molar refractivity (Wildman–Crippen MR) is 131 cm³/mol. The number of hydrogen-bond donors (Lipinski definition) is 2. The highest BCUT2D eigenvalue weighted by Crippen LogP contribution is 2.18. The van der Waals surface area contributed by atoms with E-state index < -0.39 is 17.9 Å². The van der Waals surface area contributed by atoms with Crippen LogP contribution in [0.1, 0.15) is 136 Å². The number of ketones is 2. The van der Waals surface area contributed by atoms with Crippen LogP contribution in [0.4, 0.5) is 0 Å². The van der Waals surface area contributed by atoms with Crippen LogP contribution >= 0.6 is 0 Å². The van der Waals surface area contributed by atoms with Crippen LogP contribution in [0.5, 0.6) is 0 Å². The van der Waals surface area contributed by atoms with Gasteiger partial charge in [-0.25, -0.2) is 0 Å². The van der Waals surface area contributed by atoms with E-state index in [9.17, 15) is 24.3 Å². The van der Waals surface area contributed by atoms with Gasteiger partial charge in [-0.2, -0.15) is 0 Å². The first-order valence-corrected chi connectivity index (χ1v) is 13.2. The topological polar surface area (TPSA) is 109 Å². The summed E-state index contributed by atoms with van der Waals surface area (Å²) in [5.74, 6) is -2.45. The number of hydrogen-bond acceptors (Lipinski definition) is 4. The van der Waals surface area contributed by atoms with E-state index in [-0.39, 0.29) is 36.7 Å². The fraction of sp³-hybridized carbons (Fsp3) is 0.852. The van der Waals surface area contributed by atoms with Gasteiger partial charge in [0.15, 0.2) is 0 Å². The van der Waals surface area contributed by atoms with Crippen LogP contribution in [-0.2, 0) is 19.2 Å². The maximum Gasteiger partial charge on any atom is 0.306 e. The highest BCUT2D eigenvalue weighted by Gasteiger charge is 2.22. The highest BCUT2D eigenvalue weighted by atomic mass is 16.4. The van der Waals surface area contributed by atoms with Crippen LogP contribution in [0.15, 0.2) is 0 Å². The van der Waals surface area contributed by atoms with E-state index in [0.29, 0.717) is 12.8 Å². The van der Waals surface area contributed by atoms with Crippen molar-refractivity contribution in [1.29, 1.82) is 0 Å². The number of carbonyl (C=O) groups is 4. The van der Waals surface area contributed by atoms with Crippen LogP contribution in [0.25, 0.3) is 0 Å². The lowest BCUT2D eigenvalue weighted by molar-refractivity contribution is -0.144. The van der Waals surface area contributed by atoms with Crippen molar-refractivity contribution in [3.05, 3.63) is 0 Å². The third-order valence-electron chi connectivity index (χ3n) is 6.30. The zero-order valence-electron chi connectivity index (χ0n) is 21.1. The lowest BCUT2D eigenvalue weighted by atomic mass is 9.92. The van der Waals surface area contributed by atoms with Gasteiger partial charge in [0, 0.05) is 31.6 Å². The lowest BCUT2D eigenvalue weighted by Gasteiger charge is -2.12. The SMILES string of the molecule is CC(C)C(=O)CC[C@H](CC(=O)CCCCCCCCCCCCCCCCC(=O)O)C(=O)O. The summed E-state index contributed by atoms with van der Waals surface area (Å²) in [5.41, 5.74) is 0. The average Bonchev–Trinajstić information content (AvgIpc) is 2.75. The summed E-state index contributed by atoms with van der Waals surface area (Å²) >= 11 is 0. The van der Waals surface area contributed by atoms with Crippen molar-refractivity contribution in [3.63, 3.8) is 0 Å². The first-order valence-electron chi connectivity index (χ1n) is 13.2. The van der Waals surface area contributed by atoms with Gasteiger partial charge in [0.1, 0.15) is 11.6 Å². The van der Waals surface area contributed by atoms with Crippen molar-refractivity contribution in [2.75, 3.05) is 0 Å². The molecule has 0 saturated carbocycles. The molecule has 0 unspecified atom stereocenters. The van der Waals surface area contributed by atoms with Crippen LogP contribution in [0, 0.1) is 11.8 Å². The van der Waals surface area contributed by atoms with Crippen molar-refractivity contribution in [2.45, 2.75) is 136 Å². The molecule has 192 valence electrons. The van der Waals surface area contributed by atoms with E-state index in [2.05, 4.69) is 0 Å². The van der Waals surface area contributed by atoms with Crippen molar-refractivity contribution < 1.29 is 29.4 Å². The molecule has 6 heteroatoms. The van der Waals surface area contributed by atoms with Crippen LogP contribution < -0.4 is 0 Å². The molecule has 0 heterocycles. The second-order valence-electron chi connectivity index (χ2n) is 9.78. The largest absolute Gasteiger partial charge is 0.481 e. The summed E-state index contributed by atoms with van der Waals surface area (Å²) in [6.45, 7) is 3.61. The number of carbonyl (C=O) groups excluding carboxylic acids is 2. The van der Waals surface area contributed by atoms with Gasteiger partial charge in [0.2, 0.25) is 0 Å². The van der Waals surface area contributed by atoms with Crippen LogP contribution in [0.3, 0.4) is 0 Å². The normalized spacial score (nSPS) is 12.1. The van der Waals surface area contributed by atoms with Gasteiger partial charge in [-0.15, -0.1) is 0 Å². The molecule has 0 aromatic heterocycles. The molecule has 0 rings (SSSR count). The van der Waals surface area contributed by atoms with Crippen molar-refractivity contribution in [1.82, 2.24) is 0 Å². The minimum atomic E-state index is -0.976. The van der Waals surface area contributed by atoms with Crippen LogP contribution in [0.2, 0.25) is 0 Å². The minimum Gasteiger partial charge on any atom is -0.481 e. The summed E-state index contributed by atoms with van der Waals surface area (Å²) in [6.07, 6.45) is 17.1. The standard InChI is InChI=1S/C27H48O6/c1-22(2)25(29)20-19-23(27(32)33)21-24(28)17-15-13-11-9-7-5-3-4-6-8-10-12-14-16-18-26(30)31/h22-23H,3-21H2,1-2H3,(H,30,31)(H,32,33)/t23-/m1/s1. The summed E-state index contributed by atoms with van der Waals surface area (Å²) < 4.78 is 0. The van der Waals surface area contributed by atoms with Gasteiger partial charge in [-0.1, -0.05) is 90.9 Å². The van der Waals surface area contributed by atoms with Crippen molar-refractivity contribution in [2.24, 2.45) is 11.8 Å². The lowest BCUT2D eigenvalue weighted by Crippen LogP contribution is -2.20. The van der Waals surface area contributed by atoms with Gasteiger partial charge < -0.3 is 10.2 Å². The molecule has 33 heavy (non-hydrogen) atoms. The van der Waals surface area contributed by atoms with E-state index in [0.717, 1.165) is 38.5 Å². The molecule has 0 spiro atoms. The van der Waals surface area contributed by atoms with Crippen molar-refractivity contribution >= 4 is 23.5 Å². The molecule has 6 nitrogen and oxygen atoms in total. The molecular formula is C27H48O6. The Kier molecular flexibility index (Phi) is 19.8. The van der Waals surface area contributed by atoms with E-state index in [1.165, 1.54) is 51.4 Å². The third-order valence-corrected chi connectivity index (χ3v) is 6.30. The molecule has 0 aliphatic heterocycles. The summed E-state index contributed by atoms with van der Waals surface area (Å²) in [6, 6.07) is 0. The summed E-state index contributed by atoms with van der Waals surface area (Å²) in [7, 11) is 0. The Morgan fingerprint density at radius 2 is 0.970 bits per heavy atom. The zero-order chi connectivity index (χ0) is 24.9. The predicted octanol–water partition coefficient (Wildman–Crippen LogP) is 6.98. The quantitative estimate of drug-likeness (QED) is 0.148. The number of carboxylic acid groups (broad SMARTS) is 2. The maximum absolute atomic E-state index is 12.1. The molecule has 0 aromatic rings. The zero-order valence-corrected chi connectivity index (χ0v) is 21.1. The average molecular weight is 469 g/mol. The third kappa shape index (κ3) is 20.6. The first-order chi connectivity index (χ1) is 15.7. The highest BCUT2D eigenvalue weighted by molar-refractivity contribution is 5.85. The minimum absolute atomic E-state index is 0.00119. The fourth-order valence-corrected chi connectivity index (χ4v) is 4.01. The van der Waals surface area contributed by atoms with E-state index in [4.69, 9.17) is 5.11 Å².